The molecule has 0 aromatic heterocycles. The van der Waals surface area contributed by atoms with Crippen LogP contribution in [0, 0.1) is 0 Å². The van der Waals surface area contributed by atoms with Crippen molar-refractivity contribution < 1.29 is 9.53 Å². The normalized spacial score (nSPS) is 14.8. The van der Waals surface area contributed by atoms with Gasteiger partial charge in [-0.05, 0) is 49.3 Å². The molecule has 0 fully saturated rings. The number of hydrogen-bond donors (Lipinski definition) is 2. The number of carbonyl (C=O) groups excluding carboxylic acids is 1. The van der Waals surface area contributed by atoms with Crippen LogP contribution < -0.4 is 16.2 Å². The van der Waals surface area contributed by atoms with Gasteiger partial charge in [-0.15, -0.1) is 0 Å². The molecule has 0 saturated carbocycles. The van der Waals surface area contributed by atoms with E-state index in [0.29, 0.717) is 5.56 Å². The first-order valence-electron chi connectivity index (χ1n) is 7.61. The number of fused-ring (bicyclic) bond motifs is 1. The summed E-state index contributed by atoms with van der Waals surface area (Å²) in [5.41, 5.74) is 13.5. The van der Waals surface area contributed by atoms with Crippen molar-refractivity contribution in [1.82, 2.24) is 0 Å². The monoisotopic (exact) mass is 321 g/mol. The summed E-state index contributed by atoms with van der Waals surface area (Å²) in [6, 6.07) is 15.1. The quantitative estimate of drug-likeness (QED) is 0.657. The molecular weight excluding hydrogens is 302 g/mol. The van der Waals surface area contributed by atoms with E-state index in [0.717, 1.165) is 22.4 Å². The number of rotatable bonds is 2. The van der Waals surface area contributed by atoms with Crippen molar-refractivity contribution in [2.75, 3.05) is 0 Å². The molecule has 0 unspecified atom stereocenters. The first kappa shape index (κ1) is 15.8. The van der Waals surface area contributed by atoms with Gasteiger partial charge in [0.1, 0.15) is 11.4 Å². The van der Waals surface area contributed by atoms with E-state index >= 15 is 0 Å². The maximum absolute atomic E-state index is 12.1. The Morgan fingerprint density at radius 1 is 1.08 bits per heavy atom. The van der Waals surface area contributed by atoms with Gasteiger partial charge in [0.25, 0.3) is 5.91 Å². The van der Waals surface area contributed by atoms with Crippen molar-refractivity contribution in [3.8, 4) is 5.75 Å². The Kier molecular flexibility index (Phi) is 3.85. The molecule has 5 nitrogen and oxygen atoms in total. The van der Waals surface area contributed by atoms with E-state index in [4.69, 9.17) is 16.2 Å². The third kappa shape index (κ3) is 3.15. The SMILES string of the molecule is CC1(C)C=C(c2cccc(C(=O)N=C(N)N)c2)c2ccccc2O1. The van der Waals surface area contributed by atoms with Crippen molar-refractivity contribution in [2.45, 2.75) is 19.4 Å². The molecule has 4 N–H and O–H groups in total. The van der Waals surface area contributed by atoms with Gasteiger partial charge >= 0.3 is 0 Å². The van der Waals surface area contributed by atoms with E-state index in [1.807, 2.05) is 50.2 Å². The molecule has 2 aromatic carbocycles. The summed E-state index contributed by atoms with van der Waals surface area (Å²) < 4.78 is 6.00. The van der Waals surface area contributed by atoms with Gasteiger partial charge in [-0.1, -0.05) is 30.3 Å². The topological polar surface area (TPSA) is 90.7 Å². The van der Waals surface area contributed by atoms with Gasteiger partial charge in [0, 0.05) is 11.1 Å². The molecule has 0 bridgehead atoms. The van der Waals surface area contributed by atoms with Gasteiger partial charge < -0.3 is 16.2 Å². The molecule has 1 heterocycles. The molecule has 1 aliphatic rings. The van der Waals surface area contributed by atoms with Crippen molar-refractivity contribution in [3.63, 3.8) is 0 Å². The van der Waals surface area contributed by atoms with Gasteiger partial charge in [-0.3, -0.25) is 4.79 Å². The van der Waals surface area contributed by atoms with E-state index in [-0.39, 0.29) is 5.96 Å². The molecule has 0 aliphatic carbocycles. The number of hydrogen-bond acceptors (Lipinski definition) is 2. The fourth-order valence-electron chi connectivity index (χ4n) is 2.76. The summed E-state index contributed by atoms with van der Waals surface area (Å²) in [7, 11) is 0. The molecule has 2 aromatic rings. The Morgan fingerprint density at radius 2 is 1.83 bits per heavy atom. The minimum atomic E-state index is -0.461. The van der Waals surface area contributed by atoms with Crippen LogP contribution in [0.5, 0.6) is 5.75 Å². The van der Waals surface area contributed by atoms with Crippen LogP contribution in [-0.4, -0.2) is 17.5 Å². The number of nitrogens with two attached hydrogens (primary N) is 2. The Morgan fingerprint density at radius 3 is 2.58 bits per heavy atom. The zero-order chi connectivity index (χ0) is 17.3. The number of para-hydroxylation sites is 1. The number of carbonyl (C=O) groups is 1. The smallest absolute Gasteiger partial charge is 0.280 e. The van der Waals surface area contributed by atoms with Crippen LogP contribution in [0.15, 0.2) is 59.6 Å². The lowest BCUT2D eigenvalue weighted by Crippen LogP contribution is -2.29. The number of aliphatic imine (C=N–C) groups is 1. The average molecular weight is 321 g/mol. The van der Waals surface area contributed by atoms with Crippen molar-refractivity contribution >= 4 is 17.4 Å². The van der Waals surface area contributed by atoms with Crippen molar-refractivity contribution in [3.05, 3.63) is 71.3 Å². The molecule has 0 spiro atoms. The summed E-state index contributed by atoms with van der Waals surface area (Å²) in [5, 5.41) is 0. The van der Waals surface area contributed by atoms with Crippen LogP contribution in [0.3, 0.4) is 0 Å². The van der Waals surface area contributed by atoms with Crippen molar-refractivity contribution in [1.29, 1.82) is 0 Å². The lowest BCUT2D eigenvalue weighted by molar-refractivity contribution is 0.100. The summed E-state index contributed by atoms with van der Waals surface area (Å²) in [5.74, 6) is 0.111. The van der Waals surface area contributed by atoms with Crippen LogP contribution in [0.4, 0.5) is 0 Å². The standard InChI is InChI=1S/C19H19N3O2/c1-19(2)11-15(14-8-3-4-9-16(14)24-19)12-6-5-7-13(10-12)17(23)22-18(20)21/h3-11H,1-2H3,(H4,20,21,22,23). The second-order valence-corrected chi connectivity index (χ2v) is 6.18. The lowest BCUT2D eigenvalue weighted by Gasteiger charge is -2.31. The largest absolute Gasteiger partial charge is 0.483 e. The molecule has 0 atom stereocenters. The van der Waals surface area contributed by atoms with Crippen molar-refractivity contribution in [2.24, 2.45) is 16.5 Å². The third-order valence-electron chi connectivity index (χ3n) is 3.69. The zero-order valence-electron chi connectivity index (χ0n) is 13.6. The molecule has 0 saturated heterocycles. The highest BCUT2D eigenvalue weighted by Gasteiger charge is 2.27. The molecule has 1 amide bonds. The van der Waals surface area contributed by atoms with Gasteiger partial charge in [0.2, 0.25) is 0 Å². The van der Waals surface area contributed by atoms with Gasteiger partial charge in [0.05, 0.1) is 0 Å². The highest BCUT2D eigenvalue weighted by molar-refractivity contribution is 6.02. The Labute approximate surface area is 140 Å². The number of nitrogens with zero attached hydrogens (tertiary/aromatic N) is 1. The molecular formula is C19H19N3O2. The number of guanidine groups is 1. The number of benzene rings is 2. The summed E-state index contributed by atoms with van der Waals surface area (Å²) in [6.45, 7) is 3.99. The molecule has 0 radical (unpaired) electrons. The van der Waals surface area contributed by atoms with Gasteiger partial charge in [-0.25, -0.2) is 0 Å². The third-order valence-corrected chi connectivity index (χ3v) is 3.69. The summed E-state index contributed by atoms with van der Waals surface area (Å²) in [6.07, 6.45) is 2.06. The minimum absolute atomic E-state index is 0.248. The van der Waals surface area contributed by atoms with Crippen LogP contribution in [-0.2, 0) is 0 Å². The highest BCUT2D eigenvalue weighted by Crippen LogP contribution is 2.39. The maximum atomic E-state index is 12.1. The molecule has 24 heavy (non-hydrogen) atoms. The maximum Gasteiger partial charge on any atom is 0.280 e. The second kappa shape index (κ2) is 5.85. The van der Waals surface area contributed by atoms with Crippen LogP contribution in [0.25, 0.3) is 5.57 Å². The van der Waals surface area contributed by atoms with E-state index in [1.165, 1.54) is 0 Å². The Hall–Kier alpha value is -3.08. The zero-order valence-corrected chi connectivity index (χ0v) is 13.6. The predicted molar refractivity (Wildman–Crippen MR) is 94.8 cm³/mol. The number of ether oxygens (including phenoxy) is 1. The van der Waals surface area contributed by atoms with E-state index in [2.05, 4.69) is 11.1 Å². The van der Waals surface area contributed by atoms with Crippen LogP contribution in [0.1, 0.15) is 35.3 Å². The summed E-state index contributed by atoms with van der Waals surface area (Å²) >= 11 is 0. The van der Waals surface area contributed by atoms with E-state index < -0.39 is 11.5 Å². The van der Waals surface area contributed by atoms with Gasteiger partial charge in [-0.2, -0.15) is 4.99 Å². The number of amides is 1. The Balaban J connectivity index is 2.10. The fraction of sp³-hybridized carbons (Fsp3) is 0.158. The molecule has 3 rings (SSSR count). The first-order valence-corrected chi connectivity index (χ1v) is 7.61. The van der Waals surface area contributed by atoms with Crippen LogP contribution >= 0.6 is 0 Å². The highest BCUT2D eigenvalue weighted by atomic mass is 16.5. The molecule has 122 valence electrons. The lowest BCUT2D eigenvalue weighted by atomic mass is 9.89. The fourth-order valence-corrected chi connectivity index (χ4v) is 2.76. The molecule has 5 heteroatoms. The Bertz CT molecular complexity index is 862. The predicted octanol–water partition coefficient (Wildman–Crippen LogP) is 2.70. The summed E-state index contributed by atoms with van der Waals surface area (Å²) in [4.78, 5) is 15.7. The average Bonchev–Trinajstić information content (AvgIpc) is 2.52. The van der Waals surface area contributed by atoms with Gasteiger partial charge in [0.15, 0.2) is 5.96 Å². The molecule has 1 aliphatic heterocycles. The van der Waals surface area contributed by atoms with E-state index in [9.17, 15) is 4.79 Å². The second-order valence-electron chi connectivity index (χ2n) is 6.18. The minimum Gasteiger partial charge on any atom is -0.483 e. The van der Waals surface area contributed by atoms with E-state index in [1.54, 1.807) is 12.1 Å². The first-order chi connectivity index (χ1) is 11.4. The van der Waals surface area contributed by atoms with Crippen LogP contribution in [0.2, 0.25) is 0 Å².